The van der Waals surface area contributed by atoms with Gasteiger partial charge in [0.2, 0.25) is 0 Å². The predicted octanol–water partition coefficient (Wildman–Crippen LogP) is 4.26. The van der Waals surface area contributed by atoms with Crippen molar-refractivity contribution in [3.05, 3.63) is 23.8 Å². The molecule has 0 saturated heterocycles. The van der Waals surface area contributed by atoms with Gasteiger partial charge in [0.25, 0.3) is 0 Å². The maximum absolute atomic E-state index is 12.3. The summed E-state index contributed by atoms with van der Waals surface area (Å²) < 4.78 is 18.9. The van der Waals surface area contributed by atoms with Crippen molar-refractivity contribution in [2.24, 2.45) is 0 Å². The SMILES string of the molecule is CCCCOC(=O)N(C)SN(C)C(=O)Oc1cccc2c1OC(C)(C)C2. The van der Waals surface area contributed by atoms with E-state index in [1.165, 1.54) is 22.7 Å². The molecule has 1 aromatic rings. The Morgan fingerprint density at radius 3 is 2.62 bits per heavy atom. The first-order chi connectivity index (χ1) is 12.2. The zero-order chi connectivity index (χ0) is 19.3. The van der Waals surface area contributed by atoms with Gasteiger partial charge in [0, 0.05) is 26.1 Å². The van der Waals surface area contributed by atoms with Crippen LogP contribution in [-0.2, 0) is 11.2 Å². The zero-order valence-electron chi connectivity index (χ0n) is 15.9. The smallest absolute Gasteiger partial charge is 0.426 e. The molecule has 0 spiro atoms. The van der Waals surface area contributed by atoms with Gasteiger partial charge in [0.1, 0.15) is 5.60 Å². The molecule has 2 amide bonds. The lowest BCUT2D eigenvalue weighted by Crippen LogP contribution is -2.31. The number of amides is 2. The Morgan fingerprint density at radius 1 is 1.23 bits per heavy atom. The normalized spacial score (nSPS) is 14.2. The highest BCUT2D eigenvalue weighted by Crippen LogP contribution is 2.42. The van der Waals surface area contributed by atoms with E-state index in [2.05, 4.69) is 0 Å². The number of ether oxygens (including phenoxy) is 3. The summed E-state index contributed by atoms with van der Waals surface area (Å²) in [6.45, 7) is 6.35. The summed E-state index contributed by atoms with van der Waals surface area (Å²) in [4.78, 5) is 24.2. The first kappa shape index (κ1) is 20.2. The Morgan fingerprint density at radius 2 is 1.92 bits per heavy atom. The fourth-order valence-electron chi connectivity index (χ4n) is 2.47. The van der Waals surface area contributed by atoms with Crippen LogP contribution >= 0.6 is 12.1 Å². The monoisotopic (exact) mass is 382 g/mol. The maximum atomic E-state index is 12.3. The molecule has 1 aliphatic heterocycles. The van der Waals surface area contributed by atoms with E-state index in [0.29, 0.717) is 18.1 Å². The second kappa shape index (κ2) is 8.53. The summed E-state index contributed by atoms with van der Waals surface area (Å²) in [6, 6.07) is 5.48. The minimum atomic E-state index is -0.607. The van der Waals surface area contributed by atoms with Crippen molar-refractivity contribution in [2.75, 3.05) is 20.7 Å². The van der Waals surface area contributed by atoms with E-state index in [-0.39, 0.29) is 5.60 Å². The van der Waals surface area contributed by atoms with E-state index in [4.69, 9.17) is 14.2 Å². The Labute approximate surface area is 158 Å². The average molecular weight is 382 g/mol. The summed E-state index contributed by atoms with van der Waals surface area (Å²) in [5.41, 5.74) is 0.681. The second-order valence-electron chi connectivity index (χ2n) is 6.70. The van der Waals surface area contributed by atoms with Crippen molar-refractivity contribution in [3.63, 3.8) is 0 Å². The lowest BCUT2D eigenvalue weighted by atomic mass is 10.0. The van der Waals surface area contributed by atoms with Gasteiger partial charge in [0.15, 0.2) is 11.5 Å². The molecule has 26 heavy (non-hydrogen) atoms. The molecule has 7 nitrogen and oxygen atoms in total. The molecule has 2 rings (SSSR count). The van der Waals surface area contributed by atoms with Gasteiger partial charge in [-0.1, -0.05) is 25.5 Å². The molecule has 0 saturated carbocycles. The van der Waals surface area contributed by atoms with Gasteiger partial charge >= 0.3 is 12.2 Å². The highest BCUT2D eigenvalue weighted by molar-refractivity contribution is 7.95. The molecule has 1 aliphatic rings. The standard InChI is InChI=1S/C18H26N2O5S/c1-6-7-11-23-16(21)19(4)26-20(5)17(22)24-14-10-8-9-13-12-18(2,3)25-15(13)14/h8-10H,6-7,11-12H2,1-5H3. The van der Waals surface area contributed by atoms with Gasteiger partial charge in [-0.05, 0) is 26.3 Å². The number of carbonyl (C=O) groups excluding carboxylic acids is 2. The molecule has 0 radical (unpaired) electrons. The molecule has 8 heteroatoms. The number of hydrogen-bond acceptors (Lipinski definition) is 6. The van der Waals surface area contributed by atoms with Gasteiger partial charge < -0.3 is 14.2 Å². The zero-order valence-corrected chi connectivity index (χ0v) is 16.7. The third-order valence-corrected chi connectivity index (χ3v) is 4.52. The van der Waals surface area contributed by atoms with Crippen molar-refractivity contribution < 1.29 is 23.8 Å². The lowest BCUT2D eigenvalue weighted by molar-refractivity contribution is 0.129. The third-order valence-electron chi connectivity index (χ3n) is 3.73. The molecule has 0 atom stereocenters. The molecule has 0 aromatic heterocycles. The van der Waals surface area contributed by atoms with Crippen LogP contribution in [0, 0.1) is 0 Å². The van der Waals surface area contributed by atoms with E-state index in [1.54, 1.807) is 6.07 Å². The van der Waals surface area contributed by atoms with Crippen LogP contribution in [-0.4, -0.2) is 47.1 Å². The molecule has 1 aromatic carbocycles. The van der Waals surface area contributed by atoms with Gasteiger partial charge in [-0.2, -0.15) is 0 Å². The molecule has 0 fully saturated rings. The summed E-state index contributed by atoms with van der Waals surface area (Å²) in [6.07, 6.45) is 1.39. The number of para-hydroxylation sites is 1. The third kappa shape index (κ3) is 5.20. The minimum Gasteiger partial charge on any atom is -0.483 e. The summed E-state index contributed by atoms with van der Waals surface area (Å²) in [5, 5.41) is 0. The fourth-order valence-corrected chi connectivity index (χ4v) is 3.06. The quantitative estimate of drug-likeness (QED) is 0.541. The molecule has 0 unspecified atom stereocenters. The largest absolute Gasteiger partial charge is 0.483 e. The molecular weight excluding hydrogens is 356 g/mol. The second-order valence-corrected chi connectivity index (χ2v) is 7.95. The van der Waals surface area contributed by atoms with E-state index in [0.717, 1.165) is 37.0 Å². The highest BCUT2D eigenvalue weighted by Gasteiger charge is 2.33. The number of benzene rings is 1. The van der Waals surface area contributed by atoms with Crippen molar-refractivity contribution in [1.29, 1.82) is 0 Å². The fraction of sp³-hybridized carbons (Fsp3) is 0.556. The predicted molar refractivity (Wildman–Crippen MR) is 100 cm³/mol. The van der Waals surface area contributed by atoms with E-state index in [9.17, 15) is 9.59 Å². The van der Waals surface area contributed by atoms with Gasteiger partial charge in [-0.25, -0.2) is 18.2 Å². The van der Waals surface area contributed by atoms with Gasteiger partial charge in [-0.3, -0.25) is 0 Å². The first-order valence-corrected chi connectivity index (χ1v) is 9.31. The number of rotatable bonds is 6. The van der Waals surface area contributed by atoms with Crippen LogP contribution in [0.5, 0.6) is 11.5 Å². The van der Waals surface area contributed by atoms with Gasteiger partial charge in [-0.15, -0.1) is 0 Å². The molecule has 0 N–H and O–H groups in total. The van der Waals surface area contributed by atoms with Crippen LogP contribution < -0.4 is 9.47 Å². The molecule has 144 valence electrons. The Balaban J connectivity index is 1.92. The summed E-state index contributed by atoms with van der Waals surface area (Å²) in [7, 11) is 3.06. The Hall–Kier alpha value is -2.09. The first-order valence-electron chi connectivity index (χ1n) is 8.58. The van der Waals surface area contributed by atoms with Crippen LogP contribution in [0.15, 0.2) is 18.2 Å². The molecular formula is C18H26N2O5S. The summed E-state index contributed by atoms with van der Waals surface area (Å²) >= 11 is 0.903. The van der Waals surface area contributed by atoms with E-state index < -0.39 is 12.2 Å². The Kier molecular flexibility index (Phi) is 6.63. The number of unbranched alkanes of at least 4 members (excludes halogenated alkanes) is 1. The lowest BCUT2D eigenvalue weighted by Gasteiger charge is -2.22. The van der Waals surface area contributed by atoms with Crippen molar-refractivity contribution in [3.8, 4) is 11.5 Å². The topological polar surface area (TPSA) is 68.3 Å². The van der Waals surface area contributed by atoms with Crippen LogP contribution in [0.3, 0.4) is 0 Å². The van der Waals surface area contributed by atoms with Crippen molar-refractivity contribution in [1.82, 2.24) is 8.61 Å². The highest BCUT2D eigenvalue weighted by atomic mass is 32.2. The average Bonchev–Trinajstić information content (AvgIpc) is 2.89. The Bertz CT molecular complexity index is 665. The van der Waals surface area contributed by atoms with Crippen LogP contribution in [0.4, 0.5) is 9.59 Å². The van der Waals surface area contributed by atoms with E-state index in [1.807, 2.05) is 32.9 Å². The maximum Gasteiger partial charge on any atom is 0.426 e. The van der Waals surface area contributed by atoms with Crippen molar-refractivity contribution >= 4 is 24.3 Å². The van der Waals surface area contributed by atoms with Crippen LogP contribution in [0.25, 0.3) is 0 Å². The summed E-state index contributed by atoms with van der Waals surface area (Å²) in [5.74, 6) is 0.968. The van der Waals surface area contributed by atoms with Gasteiger partial charge in [0.05, 0.1) is 18.7 Å². The number of nitrogens with zero attached hydrogens (tertiary/aromatic N) is 2. The van der Waals surface area contributed by atoms with Crippen molar-refractivity contribution in [2.45, 2.75) is 45.6 Å². The number of hydrogen-bond donors (Lipinski definition) is 0. The number of carbonyl (C=O) groups is 2. The molecule has 0 aliphatic carbocycles. The van der Waals surface area contributed by atoms with Crippen LogP contribution in [0.2, 0.25) is 0 Å². The molecule has 0 bridgehead atoms. The minimum absolute atomic E-state index is 0.325. The number of fused-ring (bicyclic) bond motifs is 1. The van der Waals surface area contributed by atoms with E-state index >= 15 is 0 Å². The van der Waals surface area contributed by atoms with Crippen LogP contribution in [0.1, 0.15) is 39.2 Å². The molecule has 1 heterocycles.